The van der Waals surface area contributed by atoms with Crippen molar-refractivity contribution in [2.75, 3.05) is 33.2 Å². The molecule has 0 bridgehead atoms. The standard InChI is InChI=1S/C17H34N4O.ClH/c1-4-9-17(2,18)16(22)19-14-5-12-21(13-6-14)15-7-10-20(3)11-8-15;/h14-15H,4-13,18H2,1-3H3,(H,19,22);1H. The molecule has 1 unspecified atom stereocenters. The molecule has 6 heteroatoms. The van der Waals surface area contributed by atoms with Crippen LogP contribution in [0.15, 0.2) is 0 Å². The molecule has 5 nitrogen and oxygen atoms in total. The summed E-state index contributed by atoms with van der Waals surface area (Å²) in [5.41, 5.74) is 5.40. The van der Waals surface area contributed by atoms with E-state index in [2.05, 4.69) is 29.1 Å². The van der Waals surface area contributed by atoms with Crippen LogP contribution in [0.4, 0.5) is 0 Å². The van der Waals surface area contributed by atoms with E-state index in [-0.39, 0.29) is 18.3 Å². The van der Waals surface area contributed by atoms with Crippen LogP contribution in [0.2, 0.25) is 0 Å². The van der Waals surface area contributed by atoms with Crippen molar-refractivity contribution in [1.29, 1.82) is 0 Å². The Kier molecular flexibility index (Phi) is 8.28. The third kappa shape index (κ3) is 5.89. The van der Waals surface area contributed by atoms with Gasteiger partial charge in [0.1, 0.15) is 0 Å². The molecular weight excluding hydrogens is 312 g/mol. The van der Waals surface area contributed by atoms with Crippen LogP contribution in [-0.4, -0.2) is 66.6 Å². The van der Waals surface area contributed by atoms with Crippen molar-refractivity contribution >= 4 is 18.3 Å². The summed E-state index contributed by atoms with van der Waals surface area (Å²) in [5, 5.41) is 3.18. The van der Waals surface area contributed by atoms with Crippen molar-refractivity contribution in [2.24, 2.45) is 5.73 Å². The van der Waals surface area contributed by atoms with E-state index in [4.69, 9.17) is 5.73 Å². The van der Waals surface area contributed by atoms with E-state index in [0.717, 1.165) is 44.8 Å². The first-order valence-corrected chi connectivity index (χ1v) is 8.95. The molecule has 0 radical (unpaired) electrons. The summed E-state index contributed by atoms with van der Waals surface area (Å²) in [6.07, 6.45) is 6.36. The second-order valence-corrected chi connectivity index (χ2v) is 7.49. The molecule has 2 aliphatic heterocycles. The summed E-state index contributed by atoms with van der Waals surface area (Å²) in [5.74, 6) is 0.0205. The molecule has 2 heterocycles. The Labute approximate surface area is 147 Å². The summed E-state index contributed by atoms with van der Waals surface area (Å²) in [4.78, 5) is 17.3. The Bertz CT molecular complexity index is 362. The van der Waals surface area contributed by atoms with Crippen molar-refractivity contribution in [1.82, 2.24) is 15.1 Å². The highest BCUT2D eigenvalue weighted by molar-refractivity contribution is 5.86. The van der Waals surface area contributed by atoms with Crippen molar-refractivity contribution in [3.8, 4) is 0 Å². The Morgan fingerprint density at radius 2 is 1.74 bits per heavy atom. The zero-order valence-corrected chi connectivity index (χ0v) is 15.8. The predicted molar refractivity (Wildman–Crippen MR) is 98.0 cm³/mol. The number of carbonyl (C=O) groups excluding carboxylic acids is 1. The molecule has 0 aromatic heterocycles. The van der Waals surface area contributed by atoms with Crippen molar-refractivity contribution in [3.63, 3.8) is 0 Å². The van der Waals surface area contributed by atoms with Gasteiger partial charge in [-0.2, -0.15) is 0 Å². The molecule has 0 spiro atoms. The van der Waals surface area contributed by atoms with E-state index in [9.17, 15) is 4.79 Å². The molecule has 2 saturated heterocycles. The number of rotatable bonds is 5. The van der Waals surface area contributed by atoms with Gasteiger partial charge < -0.3 is 20.9 Å². The molecule has 2 aliphatic rings. The third-order valence-electron chi connectivity index (χ3n) is 5.36. The second-order valence-electron chi connectivity index (χ2n) is 7.49. The van der Waals surface area contributed by atoms with Crippen LogP contribution < -0.4 is 11.1 Å². The van der Waals surface area contributed by atoms with E-state index in [1.807, 2.05) is 6.92 Å². The van der Waals surface area contributed by atoms with Gasteiger partial charge in [0, 0.05) is 25.2 Å². The number of likely N-dealkylation sites (tertiary alicyclic amines) is 2. The van der Waals surface area contributed by atoms with E-state index < -0.39 is 5.54 Å². The molecule has 23 heavy (non-hydrogen) atoms. The summed E-state index contributed by atoms with van der Waals surface area (Å²) in [6, 6.07) is 1.04. The van der Waals surface area contributed by atoms with Gasteiger partial charge in [-0.3, -0.25) is 4.79 Å². The minimum Gasteiger partial charge on any atom is -0.352 e. The maximum atomic E-state index is 12.3. The quantitative estimate of drug-likeness (QED) is 0.793. The van der Waals surface area contributed by atoms with Gasteiger partial charge >= 0.3 is 0 Å². The Balaban J connectivity index is 0.00000264. The molecule has 0 aromatic rings. The van der Waals surface area contributed by atoms with Gasteiger partial charge in [-0.15, -0.1) is 12.4 Å². The van der Waals surface area contributed by atoms with Crippen molar-refractivity contribution in [2.45, 2.75) is 70.0 Å². The average molecular weight is 347 g/mol. The van der Waals surface area contributed by atoms with Gasteiger partial charge in [-0.05, 0) is 59.2 Å². The normalized spacial score (nSPS) is 24.7. The fraction of sp³-hybridized carbons (Fsp3) is 0.941. The number of hydrogen-bond donors (Lipinski definition) is 2. The van der Waals surface area contributed by atoms with Crippen LogP contribution in [-0.2, 0) is 4.79 Å². The largest absolute Gasteiger partial charge is 0.352 e. The fourth-order valence-electron chi connectivity index (χ4n) is 3.75. The zero-order valence-electron chi connectivity index (χ0n) is 15.0. The van der Waals surface area contributed by atoms with Crippen LogP contribution in [0.5, 0.6) is 0 Å². The highest BCUT2D eigenvalue weighted by Gasteiger charge is 2.32. The number of piperidine rings is 2. The van der Waals surface area contributed by atoms with Gasteiger partial charge in [0.2, 0.25) is 5.91 Å². The highest BCUT2D eigenvalue weighted by atomic mass is 35.5. The van der Waals surface area contributed by atoms with Crippen molar-refractivity contribution in [3.05, 3.63) is 0 Å². The molecule has 0 aliphatic carbocycles. The Morgan fingerprint density at radius 3 is 2.26 bits per heavy atom. The van der Waals surface area contributed by atoms with E-state index in [1.165, 1.54) is 25.9 Å². The molecule has 1 atom stereocenters. The van der Waals surface area contributed by atoms with Crippen LogP contribution in [0, 0.1) is 0 Å². The van der Waals surface area contributed by atoms with Gasteiger partial charge in [0.15, 0.2) is 0 Å². The molecule has 3 N–H and O–H groups in total. The Hall–Kier alpha value is -0.360. The zero-order chi connectivity index (χ0) is 16.2. The number of carbonyl (C=O) groups is 1. The van der Waals surface area contributed by atoms with Gasteiger partial charge in [0.05, 0.1) is 5.54 Å². The highest BCUT2D eigenvalue weighted by Crippen LogP contribution is 2.21. The number of amides is 1. The van der Waals surface area contributed by atoms with Gasteiger partial charge in [-0.25, -0.2) is 0 Å². The fourth-order valence-corrected chi connectivity index (χ4v) is 3.75. The first-order valence-electron chi connectivity index (χ1n) is 8.95. The number of halogens is 1. The van der Waals surface area contributed by atoms with Crippen LogP contribution >= 0.6 is 12.4 Å². The maximum Gasteiger partial charge on any atom is 0.240 e. The molecule has 2 fully saturated rings. The predicted octanol–water partition coefficient (Wildman–Crippen LogP) is 1.60. The maximum absolute atomic E-state index is 12.3. The lowest BCUT2D eigenvalue weighted by atomic mass is 9.94. The number of hydrogen-bond acceptors (Lipinski definition) is 4. The summed E-state index contributed by atoms with van der Waals surface area (Å²) >= 11 is 0. The van der Waals surface area contributed by atoms with Crippen LogP contribution in [0.25, 0.3) is 0 Å². The molecule has 0 saturated carbocycles. The number of nitrogens with zero attached hydrogens (tertiary/aromatic N) is 2. The first kappa shape index (κ1) is 20.7. The lowest BCUT2D eigenvalue weighted by Crippen LogP contribution is -2.56. The minimum absolute atomic E-state index is 0. The molecule has 2 rings (SSSR count). The van der Waals surface area contributed by atoms with E-state index in [0.29, 0.717) is 6.04 Å². The third-order valence-corrected chi connectivity index (χ3v) is 5.36. The van der Waals surface area contributed by atoms with Crippen molar-refractivity contribution < 1.29 is 4.79 Å². The first-order chi connectivity index (χ1) is 10.4. The van der Waals surface area contributed by atoms with Gasteiger partial charge in [0.25, 0.3) is 0 Å². The molecular formula is C17H35ClN4O. The summed E-state index contributed by atoms with van der Waals surface area (Å²) in [6.45, 7) is 8.55. The summed E-state index contributed by atoms with van der Waals surface area (Å²) in [7, 11) is 2.21. The lowest BCUT2D eigenvalue weighted by molar-refractivity contribution is -0.127. The Morgan fingerprint density at radius 1 is 1.17 bits per heavy atom. The topological polar surface area (TPSA) is 61.6 Å². The monoisotopic (exact) mass is 346 g/mol. The van der Waals surface area contributed by atoms with E-state index >= 15 is 0 Å². The molecule has 136 valence electrons. The SMILES string of the molecule is CCCC(C)(N)C(=O)NC1CCN(C2CCN(C)CC2)CC1.Cl. The van der Waals surface area contributed by atoms with Crippen LogP contribution in [0.3, 0.4) is 0 Å². The van der Waals surface area contributed by atoms with E-state index in [1.54, 1.807) is 0 Å². The van der Waals surface area contributed by atoms with Gasteiger partial charge in [-0.1, -0.05) is 13.3 Å². The second kappa shape index (κ2) is 9.21. The average Bonchev–Trinajstić information content (AvgIpc) is 2.49. The molecule has 1 amide bonds. The van der Waals surface area contributed by atoms with Crippen LogP contribution in [0.1, 0.15) is 52.4 Å². The summed E-state index contributed by atoms with van der Waals surface area (Å²) < 4.78 is 0. The number of nitrogens with one attached hydrogen (secondary N) is 1. The minimum atomic E-state index is -0.722. The number of nitrogens with two attached hydrogens (primary N) is 1. The lowest BCUT2D eigenvalue weighted by Gasteiger charge is -2.41. The molecule has 0 aromatic carbocycles. The smallest absolute Gasteiger partial charge is 0.240 e.